The number of carbonyl (C=O) groups excluding carboxylic acids is 1. The minimum absolute atomic E-state index is 0.397. The van der Waals surface area contributed by atoms with Crippen LogP contribution in [-0.4, -0.2) is 47.1 Å². The third kappa shape index (κ3) is 5.23. The average Bonchev–Trinajstić information content (AvgIpc) is 2.67. The van der Waals surface area contributed by atoms with Crippen LogP contribution in [-0.2, 0) is 14.8 Å². The van der Waals surface area contributed by atoms with Gasteiger partial charge in [-0.15, -0.1) is 0 Å². The molecular formula is C19H23N3O5S. The summed E-state index contributed by atoms with van der Waals surface area (Å²) in [6, 6.07) is 12.6. The van der Waals surface area contributed by atoms with Gasteiger partial charge in [-0.1, -0.05) is 18.2 Å². The molecule has 0 aliphatic carbocycles. The maximum atomic E-state index is 12.5. The summed E-state index contributed by atoms with van der Waals surface area (Å²) in [5.74, 6) is 0.573. The number of rotatable bonds is 8. The Labute approximate surface area is 164 Å². The number of amides is 1. The van der Waals surface area contributed by atoms with Gasteiger partial charge < -0.3 is 9.47 Å². The first-order valence-electron chi connectivity index (χ1n) is 8.37. The van der Waals surface area contributed by atoms with Crippen LogP contribution < -0.4 is 19.2 Å². The van der Waals surface area contributed by atoms with Crippen molar-refractivity contribution in [2.45, 2.75) is 13.0 Å². The Bertz CT molecular complexity index is 945. The lowest BCUT2D eigenvalue weighted by Gasteiger charge is -2.27. The summed E-state index contributed by atoms with van der Waals surface area (Å²) >= 11 is 0. The molecule has 0 fully saturated rings. The first-order valence-corrected chi connectivity index (χ1v) is 10.2. The number of anilines is 1. The number of carbonyl (C=O) groups is 1. The molecule has 0 aliphatic rings. The molecule has 0 spiro atoms. The van der Waals surface area contributed by atoms with Gasteiger partial charge in [-0.3, -0.25) is 9.10 Å². The molecule has 9 heteroatoms. The van der Waals surface area contributed by atoms with Gasteiger partial charge >= 0.3 is 0 Å². The second-order valence-corrected chi connectivity index (χ2v) is 7.77. The number of hydrogen-bond acceptors (Lipinski definition) is 6. The Hall–Kier alpha value is -3.07. The predicted molar refractivity (Wildman–Crippen MR) is 109 cm³/mol. The van der Waals surface area contributed by atoms with Crippen molar-refractivity contribution in [2.24, 2.45) is 5.10 Å². The van der Waals surface area contributed by atoms with E-state index in [1.165, 1.54) is 20.2 Å². The van der Waals surface area contributed by atoms with Crippen LogP contribution in [0.2, 0.25) is 0 Å². The second kappa shape index (κ2) is 9.23. The lowest BCUT2D eigenvalue weighted by atomic mass is 10.2. The average molecular weight is 405 g/mol. The molecular weight excluding hydrogens is 382 g/mol. The molecule has 28 heavy (non-hydrogen) atoms. The van der Waals surface area contributed by atoms with E-state index >= 15 is 0 Å². The van der Waals surface area contributed by atoms with Crippen LogP contribution in [0.5, 0.6) is 11.5 Å². The van der Waals surface area contributed by atoms with Gasteiger partial charge in [0.25, 0.3) is 5.91 Å². The molecule has 2 aromatic carbocycles. The number of para-hydroxylation sites is 1. The summed E-state index contributed by atoms with van der Waals surface area (Å²) in [6.45, 7) is 1.49. The fourth-order valence-electron chi connectivity index (χ4n) is 2.57. The maximum Gasteiger partial charge on any atom is 0.263 e. The van der Waals surface area contributed by atoms with E-state index in [1.807, 2.05) is 0 Å². The number of hydrogen-bond donors (Lipinski definition) is 1. The molecule has 0 unspecified atom stereocenters. The summed E-state index contributed by atoms with van der Waals surface area (Å²) in [7, 11) is -0.614. The lowest BCUT2D eigenvalue weighted by Crippen LogP contribution is -2.46. The van der Waals surface area contributed by atoms with Crippen LogP contribution in [0.25, 0.3) is 0 Å². The third-order valence-electron chi connectivity index (χ3n) is 3.92. The molecule has 1 amide bonds. The highest BCUT2D eigenvalue weighted by Gasteiger charge is 2.28. The van der Waals surface area contributed by atoms with Gasteiger partial charge in [0.05, 0.1) is 32.4 Å². The second-order valence-electron chi connectivity index (χ2n) is 5.91. The van der Waals surface area contributed by atoms with E-state index in [4.69, 9.17) is 9.47 Å². The summed E-state index contributed by atoms with van der Waals surface area (Å²) in [5.41, 5.74) is 3.39. The zero-order valence-electron chi connectivity index (χ0n) is 16.1. The van der Waals surface area contributed by atoms with Crippen LogP contribution in [0.3, 0.4) is 0 Å². The molecule has 2 rings (SSSR count). The Kier molecular flexibility index (Phi) is 7.00. The zero-order chi connectivity index (χ0) is 20.7. The highest BCUT2D eigenvalue weighted by molar-refractivity contribution is 7.92. The van der Waals surface area contributed by atoms with Gasteiger partial charge in [0, 0.05) is 11.6 Å². The van der Waals surface area contributed by atoms with Gasteiger partial charge in [-0.05, 0) is 31.2 Å². The van der Waals surface area contributed by atoms with Crippen molar-refractivity contribution < 1.29 is 22.7 Å². The Morgan fingerprint density at radius 3 is 2.39 bits per heavy atom. The number of sulfonamides is 1. The standard InChI is InChI=1S/C19H23N3O5S/c1-14(22(28(4,24)25)16-8-6-5-7-9-16)19(23)21-20-13-15-10-11-17(26-2)12-18(15)27-3/h5-14H,1-4H3,(H,21,23)/b20-13-/t14-/m0/s1. The largest absolute Gasteiger partial charge is 0.497 e. The van der Waals surface area contributed by atoms with Gasteiger partial charge in [-0.2, -0.15) is 5.10 Å². The summed E-state index contributed by atoms with van der Waals surface area (Å²) in [5, 5.41) is 3.92. The van der Waals surface area contributed by atoms with Crippen LogP contribution in [0.15, 0.2) is 53.6 Å². The number of hydrazone groups is 1. The normalized spacial score (nSPS) is 12.4. The minimum Gasteiger partial charge on any atom is -0.497 e. The van der Waals surface area contributed by atoms with Gasteiger partial charge in [0.15, 0.2) is 0 Å². The van der Waals surface area contributed by atoms with E-state index in [9.17, 15) is 13.2 Å². The van der Waals surface area contributed by atoms with Crippen molar-refractivity contribution in [3.05, 3.63) is 54.1 Å². The van der Waals surface area contributed by atoms with Crippen LogP contribution in [0.1, 0.15) is 12.5 Å². The molecule has 150 valence electrons. The van der Waals surface area contributed by atoms with Gasteiger partial charge in [0.2, 0.25) is 10.0 Å². The molecule has 8 nitrogen and oxygen atoms in total. The van der Waals surface area contributed by atoms with Crippen molar-refractivity contribution in [1.82, 2.24) is 5.43 Å². The summed E-state index contributed by atoms with van der Waals surface area (Å²) in [6.07, 6.45) is 2.46. The molecule has 0 saturated carbocycles. The van der Waals surface area contributed by atoms with Gasteiger partial charge in [0.1, 0.15) is 17.5 Å². The fraction of sp³-hybridized carbons (Fsp3) is 0.263. The van der Waals surface area contributed by atoms with E-state index in [0.29, 0.717) is 22.7 Å². The van der Waals surface area contributed by atoms with E-state index in [-0.39, 0.29) is 0 Å². The number of nitrogens with one attached hydrogen (secondary N) is 1. The lowest BCUT2D eigenvalue weighted by molar-refractivity contribution is -0.121. The minimum atomic E-state index is -3.67. The number of nitrogens with zero attached hydrogens (tertiary/aromatic N) is 2. The molecule has 1 atom stereocenters. The highest BCUT2D eigenvalue weighted by atomic mass is 32.2. The fourth-order valence-corrected chi connectivity index (χ4v) is 3.74. The first-order chi connectivity index (χ1) is 13.3. The topological polar surface area (TPSA) is 97.3 Å². The zero-order valence-corrected chi connectivity index (χ0v) is 16.9. The molecule has 2 aromatic rings. The first kappa shape index (κ1) is 21.2. The Balaban J connectivity index is 2.16. The van der Waals surface area contributed by atoms with Crippen molar-refractivity contribution in [3.8, 4) is 11.5 Å². The summed E-state index contributed by atoms with van der Waals surface area (Å²) in [4.78, 5) is 12.5. The number of benzene rings is 2. The van der Waals surface area contributed by atoms with Crippen molar-refractivity contribution in [1.29, 1.82) is 0 Å². The highest BCUT2D eigenvalue weighted by Crippen LogP contribution is 2.23. The Morgan fingerprint density at radius 1 is 1.14 bits per heavy atom. The molecule has 1 N–H and O–H groups in total. The van der Waals surface area contributed by atoms with E-state index < -0.39 is 22.0 Å². The van der Waals surface area contributed by atoms with Crippen molar-refractivity contribution in [2.75, 3.05) is 24.8 Å². The van der Waals surface area contributed by atoms with Crippen molar-refractivity contribution in [3.63, 3.8) is 0 Å². The monoisotopic (exact) mass is 405 g/mol. The van der Waals surface area contributed by atoms with Crippen molar-refractivity contribution >= 4 is 27.8 Å². The summed E-state index contributed by atoms with van der Waals surface area (Å²) < 4.78 is 35.8. The number of ether oxygens (including phenoxy) is 2. The molecule has 0 aromatic heterocycles. The molecule has 0 saturated heterocycles. The smallest absolute Gasteiger partial charge is 0.263 e. The molecule has 0 radical (unpaired) electrons. The van der Waals surface area contributed by atoms with E-state index in [1.54, 1.807) is 55.6 Å². The quantitative estimate of drug-likeness (QED) is 0.535. The number of methoxy groups -OCH3 is 2. The van der Waals surface area contributed by atoms with E-state index in [0.717, 1.165) is 10.6 Å². The SMILES string of the molecule is COc1ccc(/C=N\NC(=O)[C@H](C)N(c2ccccc2)S(C)(=O)=O)c(OC)c1. The third-order valence-corrected chi connectivity index (χ3v) is 5.16. The predicted octanol–water partition coefficient (Wildman–Crippen LogP) is 2.01. The van der Waals surface area contributed by atoms with E-state index in [2.05, 4.69) is 10.5 Å². The molecule has 0 heterocycles. The molecule has 0 aliphatic heterocycles. The van der Waals surface area contributed by atoms with Crippen LogP contribution in [0.4, 0.5) is 5.69 Å². The molecule has 0 bridgehead atoms. The Morgan fingerprint density at radius 2 is 1.82 bits per heavy atom. The van der Waals surface area contributed by atoms with Gasteiger partial charge in [-0.25, -0.2) is 13.8 Å². The maximum absolute atomic E-state index is 12.5. The van der Waals surface area contributed by atoms with Crippen LogP contribution in [0, 0.1) is 0 Å². The van der Waals surface area contributed by atoms with Crippen LogP contribution >= 0.6 is 0 Å².